The molecule has 0 bridgehead atoms. The second-order valence-corrected chi connectivity index (χ2v) is 9.90. The summed E-state index contributed by atoms with van der Waals surface area (Å²) in [4.78, 5) is 4.99. The number of para-hydroxylation sites is 1. The molecule has 0 fully saturated rings. The van der Waals surface area contributed by atoms with Crippen molar-refractivity contribution in [3.63, 3.8) is 0 Å². The quantitative estimate of drug-likeness (QED) is 0.514. The summed E-state index contributed by atoms with van der Waals surface area (Å²) in [5, 5.41) is 1.20. The molecule has 0 aliphatic heterocycles. The molecule has 0 saturated heterocycles. The minimum atomic E-state index is -1.61. The number of benzene rings is 3. The molecule has 4 aromatic rings. The van der Waals surface area contributed by atoms with E-state index in [2.05, 4.69) is 97.1 Å². The fourth-order valence-electron chi connectivity index (χ4n) is 2.75. The molecule has 0 N–H and O–H groups in total. The Morgan fingerprint density at radius 3 is 1.74 bits per heavy atom. The second kappa shape index (κ2) is 6.40. The molecule has 0 unspecified atom stereocenters. The van der Waals surface area contributed by atoms with Gasteiger partial charge in [-0.15, -0.1) is 0 Å². The Labute approximate surface area is 140 Å². The number of hydrogen-bond acceptors (Lipinski definition) is 1. The van der Waals surface area contributed by atoms with Gasteiger partial charge in [-0.1, -0.05) is 0 Å². The third kappa shape index (κ3) is 2.93. The Morgan fingerprint density at radius 1 is 0.522 bits per heavy atom. The van der Waals surface area contributed by atoms with Crippen LogP contribution in [0.2, 0.25) is 0 Å². The summed E-state index contributed by atoms with van der Waals surface area (Å²) in [6, 6.07) is 34.4. The summed E-state index contributed by atoms with van der Waals surface area (Å²) < 4.78 is 4.05. The summed E-state index contributed by atoms with van der Waals surface area (Å²) in [7, 11) is 0. The van der Waals surface area contributed by atoms with Gasteiger partial charge in [-0.25, -0.2) is 0 Å². The maximum atomic E-state index is 4.99. The molecule has 1 heterocycles. The molecule has 1 nitrogen and oxygen atoms in total. The van der Waals surface area contributed by atoms with E-state index in [9.17, 15) is 0 Å². The number of hydrogen-bond donors (Lipinski definition) is 0. The van der Waals surface area contributed by atoms with Gasteiger partial charge in [0, 0.05) is 0 Å². The van der Waals surface area contributed by atoms with Crippen molar-refractivity contribution in [3.05, 3.63) is 97.1 Å². The molecular weight excluding hydrogens is 341 g/mol. The molecule has 0 aliphatic rings. The number of pyridine rings is 1. The first kappa shape index (κ1) is 14.2. The van der Waals surface area contributed by atoms with Crippen molar-refractivity contribution in [2.45, 2.75) is 0 Å². The van der Waals surface area contributed by atoms with Crippen LogP contribution in [-0.2, 0) is 0 Å². The van der Waals surface area contributed by atoms with Crippen molar-refractivity contribution in [1.29, 1.82) is 0 Å². The van der Waals surface area contributed by atoms with Crippen LogP contribution < -0.4 is 13.2 Å². The van der Waals surface area contributed by atoms with Crippen LogP contribution in [-0.4, -0.2) is 19.6 Å². The molecular formula is C21H16AsN. The number of aromatic nitrogens is 1. The summed E-state index contributed by atoms with van der Waals surface area (Å²) in [6.07, 6.45) is 0. The van der Waals surface area contributed by atoms with Crippen LogP contribution in [0.5, 0.6) is 0 Å². The first-order valence-corrected chi connectivity index (χ1v) is 10.5. The van der Waals surface area contributed by atoms with Crippen LogP contribution in [0.1, 0.15) is 0 Å². The van der Waals surface area contributed by atoms with Crippen LogP contribution in [0.3, 0.4) is 0 Å². The average Bonchev–Trinajstić information content (AvgIpc) is 2.64. The van der Waals surface area contributed by atoms with Gasteiger partial charge in [0.05, 0.1) is 0 Å². The summed E-state index contributed by atoms with van der Waals surface area (Å²) in [6.45, 7) is 0. The molecule has 0 spiro atoms. The van der Waals surface area contributed by atoms with Gasteiger partial charge in [-0.05, 0) is 0 Å². The van der Waals surface area contributed by atoms with E-state index in [4.69, 9.17) is 4.98 Å². The van der Waals surface area contributed by atoms with E-state index < -0.39 is 14.7 Å². The molecule has 4 rings (SSSR count). The number of fused-ring (bicyclic) bond motifs is 1. The second-order valence-electron chi connectivity index (χ2n) is 5.37. The van der Waals surface area contributed by atoms with Crippen molar-refractivity contribution in [2.75, 3.05) is 0 Å². The number of nitrogens with zero attached hydrogens (tertiary/aromatic N) is 1. The normalized spacial score (nSPS) is 11.0. The SMILES string of the molecule is c1ccc([As](c2ccccc2)c2ccc3ccccc3n2)cc1. The van der Waals surface area contributed by atoms with Crippen molar-refractivity contribution < 1.29 is 0 Å². The molecule has 0 radical (unpaired) electrons. The van der Waals surface area contributed by atoms with Gasteiger partial charge >= 0.3 is 141 Å². The van der Waals surface area contributed by atoms with Gasteiger partial charge in [0.25, 0.3) is 0 Å². The first-order chi connectivity index (χ1) is 11.4. The van der Waals surface area contributed by atoms with Gasteiger partial charge < -0.3 is 0 Å². The maximum absolute atomic E-state index is 4.99. The Kier molecular flexibility index (Phi) is 3.96. The predicted molar refractivity (Wildman–Crippen MR) is 99.3 cm³/mol. The van der Waals surface area contributed by atoms with E-state index >= 15 is 0 Å². The summed E-state index contributed by atoms with van der Waals surface area (Å²) >= 11 is -1.61. The molecule has 0 amide bonds. The average molecular weight is 357 g/mol. The van der Waals surface area contributed by atoms with Gasteiger partial charge in [-0.2, -0.15) is 0 Å². The molecule has 0 atom stereocenters. The molecule has 0 aliphatic carbocycles. The van der Waals surface area contributed by atoms with Gasteiger partial charge in [0.2, 0.25) is 0 Å². The van der Waals surface area contributed by atoms with Crippen LogP contribution in [0.15, 0.2) is 97.1 Å². The molecule has 23 heavy (non-hydrogen) atoms. The zero-order chi connectivity index (χ0) is 15.5. The molecule has 3 aromatic carbocycles. The van der Waals surface area contributed by atoms with E-state index in [0.717, 1.165) is 5.52 Å². The summed E-state index contributed by atoms with van der Waals surface area (Å²) in [5.74, 6) is 0. The van der Waals surface area contributed by atoms with Crippen LogP contribution in [0.4, 0.5) is 0 Å². The Morgan fingerprint density at radius 2 is 1.09 bits per heavy atom. The Hall–Kier alpha value is -2.37. The van der Waals surface area contributed by atoms with Gasteiger partial charge in [0.15, 0.2) is 0 Å². The standard InChI is InChI=1S/C21H16AsN/c1-3-10-18(11-4-1)22(19-12-5-2-6-13-19)21-16-15-17-9-7-8-14-20(17)23-21/h1-16H. The zero-order valence-electron chi connectivity index (χ0n) is 12.6. The van der Waals surface area contributed by atoms with Crippen LogP contribution in [0, 0.1) is 0 Å². The topological polar surface area (TPSA) is 12.9 Å². The first-order valence-electron chi connectivity index (χ1n) is 7.68. The predicted octanol–water partition coefficient (Wildman–Crippen LogP) is 2.75. The van der Waals surface area contributed by atoms with E-state index in [1.165, 1.54) is 18.6 Å². The van der Waals surface area contributed by atoms with Crippen molar-refractivity contribution >= 4 is 38.7 Å². The number of rotatable bonds is 3. The van der Waals surface area contributed by atoms with Crippen LogP contribution >= 0.6 is 0 Å². The summed E-state index contributed by atoms with van der Waals surface area (Å²) in [5.41, 5.74) is 1.08. The van der Waals surface area contributed by atoms with Gasteiger partial charge in [-0.3, -0.25) is 0 Å². The molecule has 1 aromatic heterocycles. The minimum absolute atomic E-state index is 1.08. The fourth-order valence-corrected chi connectivity index (χ4v) is 7.36. The van der Waals surface area contributed by atoms with Gasteiger partial charge in [0.1, 0.15) is 0 Å². The molecule has 110 valence electrons. The van der Waals surface area contributed by atoms with E-state index in [-0.39, 0.29) is 0 Å². The van der Waals surface area contributed by atoms with E-state index in [0.29, 0.717) is 0 Å². The van der Waals surface area contributed by atoms with Crippen molar-refractivity contribution in [2.24, 2.45) is 0 Å². The van der Waals surface area contributed by atoms with Crippen LogP contribution in [0.25, 0.3) is 10.9 Å². The van der Waals surface area contributed by atoms with E-state index in [1.54, 1.807) is 0 Å². The Balaban J connectivity index is 1.90. The fraction of sp³-hybridized carbons (Fsp3) is 0. The monoisotopic (exact) mass is 357 g/mol. The van der Waals surface area contributed by atoms with Crippen molar-refractivity contribution in [1.82, 2.24) is 4.98 Å². The molecule has 2 heteroatoms. The Bertz CT molecular complexity index is 880. The van der Waals surface area contributed by atoms with Crippen molar-refractivity contribution in [3.8, 4) is 0 Å². The third-order valence-corrected chi connectivity index (χ3v) is 8.74. The third-order valence-electron chi connectivity index (χ3n) is 3.84. The molecule has 0 saturated carbocycles. The van der Waals surface area contributed by atoms with E-state index in [1.807, 2.05) is 0 Å². The zero-order valence-corrected chi connectivity index (χ0v) is 14.5.